The number of hydrogen-bond donors (Lipinski definition) is 2. The SMILES string of the molecule is Cc1cccc(OP(=O)(O)Oc2cccc(C)c2)c1.N. The fourth-order valence-electron chi connectivity index (χ4n) is 1.63. The predicted octanol–water partition coefficient (Wildman–Crippen LogP) is 4.02. The van der Waals surface area contributed by atoms with Crippen LogP contribution in [0.5, 0.6) is 11.5 Å². The van der Waals surface area contributed by atoms with Crippen molar-refractivity contribution in [2.75, 3.05) is 0 Å². The molecule has 4 N–H and O–H groups in total. The third-order valence-electron chi connectivity index (χ3n) is 2.42. The van der Waals surface area contributed by atoms with E-state index in [1.165, 1.54) is 0 Å². The summed E-state index contributed by atoms with van der Waals surface area (Å²) in [6.45, 7) is 3.74. The molecule has 0 aliphatic carbocycles. The van der Waals surface area contributed by atoms with Crippen LogP contribution >= 0.6 is 7.82 Å². The molecule has 2 aromatic carbocycles. The molecule has 0 aliphatic rings. The van der Waals surface area contributed by atoms with Crippen LogP contribution in [0.1, 0.15) is 11.1 Å². The number of rotatable bonds is 4. The molecule has 2 rings (SSSR count). The van der Waals surface area contributed by atoms with Gasteiger partial charge in [-0.25, -0.2) is 4.57 Å². The van der Waals surface area contributed by atoms with Crippen molar-refractivity contribution in [3.05, 3.63) is 59.7 Å². The summed E-state index contributed by atoms with van der Waals surface area (Å²) in [6.07, 6.45) is 0. The van der Waals surface area contributed by atoms with Gasteiger partial charge in [0, 0.05) is 0 Å². The second-order valence-electron chi connectivity index (χ2n) is 4.28. The molecular weight excluding hydrogens is 277 g/mol. The highest BCUT2D eigenvalue weighted by Crippen LogP contribution is 2.44. The smallest absolute Gasteiger partial charge is 0.395 e. The Morgan fingerprint density at radius 2 is 1.30 bits per heavy atom. The third kappa shape index (κ3) is 4.70. The third-order valence-corrected chi connectivity index (χ3v) is 3.30. The quantitative estimate of drug-likeness (QED) is 0.831. The minimum absolute atomic E-state index is 0. The van der Waals surface area contributed by atoms with Crippen molar-refractivity contribution < 1.29 is 18.5 Å². The van der Waals surface area contributed by atoms with Gasteiger partial charge in [-0.2, -0.15) is 0 Å². The molecule has 0 spiro atoms. The lowest BCUT2D eigenvalue weighted by atomic mass is 10.2. The molecule has 0 saturated carbocycles. The standard InChI is InChI=1S/C14H15O4P.H3N/c1-11-5-3-7-13(9-11)17-19(15,16)18-14-8-4-6-12(2)10-14;/h3-10H,1-2H3,(H,15,16);1H3. The Kier molecular flexibility index (Phi) is 5.34. The van der Waals surface area contributed by atoms with Gasteiger partial charge in [-0.05, 0) is 49.2 Å². The van der Waals surface area contributed by atoms with Crippen molar-refractivity contribution in [2.24, 2.45) is 0 Å². The molecule has 0 aliphatic heterocycles. The Bertz CT molecular complexity index is 579. The van der Waals surface area contributed by atoms with Gasteiger partial charge in [0.15, 0.2) is 0 Å². The van der Waals surface area contributed by atoms with E-state index in [1.54, 1.807) is 36.4 Å². The van der Waals surface area contributed by atoms with Crippen LogP contribution in [0.2, 0.25) is 0 Å². The monoisotopic (exact) mass is 295 g/mol. The molecule has 0 aromatic heterocycles. The van der Waals surface area contributed by atoms with Gasteiger partial charge in [-0.1, -0.05) is 24.3 Å². The Hall–Kier alpha value is -1.81. The second-order valence-corrected chi connectivity index (χ2v) is 5.59. The summed E-state index contributed by atoms with van der Waals surface area (Å²) in [4.78, 5) is 9.71. The summed E-state index contributed by atoms with van der Waals surface area (Å²) >= 11 is 0. The van der Waals surface area contributed by atoms with E-state index in [4.69, 9.17) is 9.05 Å². The maximum absolute atomic E-state index is 11.9. The number of phosphoric ester groups is 1. The van der Waals surface area contributed by atoms with Crippen LogP contribution in [0.3, 0.4) is 0 Å². The Morgan fingerprint density at radius 1 is 0.900 bits per heavy atom. The van der Waals surface area contributed by atoms with Crippen molar-refractivity contribution in [3.63, 3.8) is 0 Å². The van der Waals surface area contributed by atoms with Gasteiger partial charge in [0.1, 0.15) is 11.5 Å². The molecule has 2 aromatic rings. The highest BCUT2D eigenvalue weighted by atomic mass is 31.2. The van der Waals surface area contributed by atoms with Gasteiger partial charge in [0.2, 0.25) is 0 Å². The van der Waals surface area contributed by atoms with E-state index in [0.717, 1.165) is 11.1 Å². The van der Waals surface area contributed by atoms with E-state index < -0.39 is 7.82 Å². The molecule has 0 saturated heterocycles. The van der Waals surface area contributed by atoms with E-state index in [9.17, 15) is 9.46 Å². The van der Waals surface area contributed by atoms with Crippen LogP contribution in [0.25, 0.3) is 0 Å². The minimum atomic E-state index is -4.18. The van der Waals surface area contributed by atoms with Crippen LogP contribution in [0.4, 0.5) is 0 Å². The summed E-state index contributed by atoms with van der Waals surface area (Å²) in [6, 6.07) is 13.8. The topological polar surface area (TPSA) is 90.8 Å². The van der Waals surface area contributed by atoms with Gasteiger partial charge in [0.25, 0.3) is 0 Å². The molecule has 0 atom stereocenters. The van der Waals surface area contributed by atoms with Crippen LogP contribution in [0.15, 0.2) is 48.5 Å². The van der Waals surface area contributed by atoms with Gasteiger partial charge in [-0.3, -0.25) is 4.89 Å². The van der Waals surface area contributed by atoms with Gasteiger partial charge in [-0.15, -0.1) is 0 Å². The van der Waals surface area contributed by atoms with Crippen LogP contribution in [0, 0.1) is 13.8 Å². The summed E-state index contributed by atoms with van der Waals surface area (Å²) in [7, 11) is -4.18. The lowest BCUT2D eigenvalue weighted by molar-refractivity contribution is 0.291. The molecule has 6 heteroatoms. The first kappa shape index (κ1) is 16.2. The maximum Gasteiger partial charge on any atom is 0.584 e. The Labute approximate surface area is 118 Å². The number of benzene rings is 2. The number of aryl methyl sites for hydroxylation is 2. The van der Waals surface area contributed by atoms with Gasteiger partial charge < -0.3 is 15.2 Å². The summed E-state index contributed by atoms with van der Waals surface area (Å²) in [5.41, 5.74) is 1.88. The molecule has 5 nitrogen and oxygen atoms in total. The second kappa shape index (κ2) is 6.57. The van der Waals surface area contributed by atoms with E-state index in [2.05, 4.69) is 0 Å². The van der Waals surface area contributed by atoms with Crippen molar-refractivity contribution >= 4 is 7.82 Å². The Morgan fingerprint density at radius 3 is 1.65 bits per heavy atom. The average molecular weight is 295 g/mol. The number of hydrogen-bond acceptors (Lipinski definition) is 4. The minimum Gasteiger partial charge on any atom is -0.395 e. The predicted molar refractivity (Wildman–Crippen MR) is 78.5 cm³/mol. The first-order chi connectivity index (χ1) is 8.94. The van der Waals surface area contributed by atoms with E-state index in [-0.39, 0.29) is 6.15 Å². The highest BCUT2D eigenvalue weighted by Gasteiger charge is 2.25. The van der Waals surface area contributed by atoms with E-state index in [0.29, 0.717) is 11.5 Å². The van der Waals surface area contributed by atoms with Crippen molar-refractivity contribution in [3.8, 4) is 11.5 Å². The molecule has 0 heterocycles. The molecule has 108 valence electrons. The first-order valence-corrected chi connectivity index (χ1v) is 7.29. The summed E-state index contributed by atoms with van der Waals surface area (Å²) < 4.78 is 21.9. The van der Waals surface area contributed by atoms with E-state index in [1.807, 2.05) is 26.0 Å². The molecule has 0 amide bonds. The summed E-state index contributed by atoms with van der Waals surface area (Å²) in [5.74, 6) is 0.608. The summed E-state index contributed by atoms with van der Waals surface area (Å²) in [5, 5.41) is 0. The largest absolute Gasteiger partial charge is 0.584 e. The molecular formula is C14H18NO4P. The highest BCUT2D eigenvalue weighted by molar-refractivity contribution is 7.48. The van der Waals surface area contributed by atoms with Crippen LogP contribution < -0.4 is 15.2 Å². The normalized spacial score (nSPS) is 10.6. The zero-order valence-corrected chi connectivity index (χ0v) is 12.3. The Balaban J connectivity index is 0.00000200. The molecule has 0 bridgehead atoms. The zero-order valence-electron chi connectivity index (χ0n) is 11.4. The fourth-order valence-corrected chi connectivity index (χ4v) is 2.43. The molecule has 20 heavy (non-hydrogen) atoms. The van der Waals surface area contributed by atoms with Gasteiger partial charge in [0.05, 0.1) is 0 Å². The molecule has 0 radical (unpaired) electrons. The fraction of sp³-hybridized carbons (Fsp3) is 0.143. The van der Waals surface area contributed by atoms with Crippen molar-refractivity contribution in [2.45, 2.75) is 13.8 Å². The maximum atomic E-state index is 11.9. The van der Waals surface area contributed by atoms with E-state index >= 15 is 0 Å². The number of phosphoric acid groups is 1. The van der Waals surface area contributed by atoms with Crippen molar-refractivity contribution in [1.82, 2.24) is 6.15 Å². The molecule has 0 unspecified atom stereocenters. The first-order valence-electron chi connectivity index (χ1n) is 5.80. The van der Waals surface area contributed by atoms with Gasteiger partial charge >= 0.3 is 7.82 Å². The lowest BCUT2D eigenvalue weighted by Gasteiger charge is -2.14. The lowest BCUT2D eigenvalue weighted by Crippen LogP contribution is -2.00. The average Bonchev–Trinajstić information content (AvgIpc) is 2.27. The van der Waals surface area contributed by atoms with Crippen LogP contribution in [-0.2, 0) is 4.57 Å². The zero-order chi connectivity index (χ0) is 13.9. The van der Waals surface area contributed by atoms with Crippen molar-refractivity contribution in [1.29, 1.82) is 0 Å². The molecule has 0 fully saturated rings. The van der Waals surface area contributed by atoms with Crippen LogP contribution in [-0.4, -0.2) is 4.89 Å².